The molecule has 0 fully saturated rings. The topological polar surface area (TPSA) is 93.1 Å². The number of rotatable bonds is 6. The molecule has 0 bridgehead atoms. The number of halogens is 1. The van der Waals surface area contributed by atoms with Gasteiger partial charge in [-0.2, -0.15) is 0 Å². The molecule has 2 amide bonds. The van der Waals surface area contributed by atoms with Crippen molar-refractivity contribution in [1.29, 1.82) is 0 Å². The van der Waals surface area contributed by atoms with Crippen molar-refractivity contribution in [2.45, 2.75) is 33.7 Å². The lowest BCUT2D eigenvalue weighted by Crippen LogP contribution is -2.32. The third kappa shape index (κ3) is 4.56. The molecular formula is C20H21BrN4O3S. The number of aryl methyl sites for hydroxylation is 2. The van der Waals surface area contributed by atoms with Gasteiger partial charge >= 0.3 is 0 Å². The molecule has 0 radical (unpaired) electrons. The second-order valence-corrected chi connectivity index (χ2v) is 8.55. The molecule has 0 aliphatic heterocycles. The minimum absolute atomic E-state index is 0.102. The SMILES string of the molecule is CCCNC(=O)Cn1cnc2sc(C(=O)Nc3ccc(C)cc3Br)c(C)c2c1=O. The van der Waals surface area contributed by atoms with Crippen LogP contribution in [-0.4, -0.2) is 27.9 Å². The van der Waals surface area contributed by atoms with Gasteiger partial charge in [-0.1, -0.05) is 13.0 Å². The van der Waals surface area contributed by atoms with Gasteiger partial charge in [0.05, 0.1) is 22.3 Å². The summed E-state index contributed by atoms with van der Waals surface area (Å²) in [7, 11) is 0. The van der Waals surface area contributed by atoms with Crippen molar-refractivity contribution < 1.29 is 9.59 Å². The molecule has 2 N–H and O–H groups in total. The van der Waals surface area contributed by atoms with Crippen LogP contribution in [-0.2, 0) is 11.3 Å². The fourth-order valence-corrected chi connectivity index (χ4v) is 4.49. The minimum atomic E-state index is -0.328. The Morgan fingerprint density at radius 2 is 2.03 bits per heavy atom. The Bertz CT molecular complexity index is 1150. The Morgan fingerprint density at radius 1 is 1.28 bits per heavy atom. The summed E-state index contributed by atoms with van der Waals surface area (Å²) >= 11 is 4.61. The van der Waals surface area contributed by atoms with Crippen LogP contribution >= 0.6 is 27.3 Å². The van der Waals surface area contributed by atoms with E-state index in [1.165, 1.54) is 10.9 Å². The molecule has 3 rings (SSSR count). The van der Waals surface area contributed by atoms with Gasteiger partial charge in [0, 0.05) is 11.0 Å². The van der Waals surface area contributed by atoms with E-state index in [0.717, 1.165) is 27.8 Å². The first-order valence-corrected chi connectivity index (χ1v) is 10.8. The molecule has 1 aromatic carbocycles. The first-order chi connectivity index (χ1) is 13.8. The van der Waals surface area contributed by atoms with Crippen LogP contribution in [0.3, 0.4) is 0 Å². The number of fused-ring (bicyclic) bond motifs is 1. The van der Waals surface area contributed by atoms with Crippen molar-refractivity contribution in [3.05, 3.63) is 55.4 Å². The number of benzene rings is 1. The van der Waals surface area contributed by atoms with Gasteiger partial charge < -0.3 is 10.6 Å². The second-order valence-electron chi connectivity index (χ2n) is 6.70. The van der Waals surface area contributed by atoms with Crippen LogP contribution in [0.5, 0.6) is 0 Å². The number of anilines is 1. The number of carbonyl (C=O) groups is 2. The number of nitrogens with one attached hydrogen (secondary N) is 2. The van der Waals surface area contributed by atoms with Crippen molar-refractivity contribution in [1.82, 2.24) is 14.9 Å². The maximum atomic E-state index is 12.9. The van der Waals surface area contributed by atoms with Crippen molar-refractivity contribution in [3.63, 3.8) is 0 Å². The van der Waals surface area contributed by atoms with Crippen LogP contribution in [0.4, 0.5) is 5.69 Å². The van der Waals surface area contributed by atoms with Gasteiger partial charge in [0.25, 0.3) is 11.5 Å². The van der Waals surface area contributed by atoms with E-state index in [1.807, 2.05) is 32.0 Å². The largest absolute Gasteiger partial charge is 0.355 e. The quantitative estimate of drug-likeness (QED) is 0.567. The van der Waals surface area contributed by atoms with E-state index in [-0.39, 0.29) is 23.9 Å². The van der Waals surface area contributed by atoms with Crippen LogP contribution in [0.2, 0.25) is 0 Å². The molecule has 7 nitrogen and oxygen atoms in total. The monoisotopic (exact) mass is 476 g/mol. The summed E-state index contributed by atoms with van der Waals surface area (Å²) in [5.74, 6) is -0.549. The summed E-state index contributed by atoms with van der Waals surface area (Å²) in [6.45, 7) is 6.10. The average molecular weight is 477 g/mol. The molecule has 29 heavy (non-hydrogen) atoms. The van der Waals surface area contributed by atoms with E-state index in [2.05, 4.69) is 31.5 Å². The Hall–Kier alpha value is -2.52. The number of amides is 2. The van der Waals surface area contributed by atoms with Gasteiger partial charge in [-0.3, -0.25) is 19.0 Å². The molecule has 2 heterocycles. The van der Waals surface area contributed by atoms with Gasteiger partial charge in [0.2, 0.25) is 5.91 Å². The van der Waals surface area contributed by atoms with Crippen LogP contribution in [0.25, 0.3) is 10.2 Å². The number of nitrogens with zero attached hydrogens (tertiary/aromatic N) is 2. The first kappa shape index (κ1) is 21.2. The molecule has 2 aromatic heterocycles. The lowest BCUT2D eigenvalue weighted by atomic mass is 10.2. The molecule has 9 heteroatoms. The van der Waals surface area contributed by atoms with Crippen molar-refractivity contribution in [3.8, 4) is 0 Å². The van der Waals surface area contributed by atoms with Crippen molar-refractivity contribution in [2.24, 2.45) is 0 Å². The van der Waals surface area contributed by atoms with Crippen molar-refractivity contribution >= 4 is 55.0 Å². The number of thiophene rings is 1. The van der Waals surface area contributed by atoms with Crippen LogP contribution in [0.1, 0.15) is 34.1 Å². The fraction of sp³-hybridized carbons (Fsp3) is 0.300. The maximum absolute atomic E-state index is 12.9. The molecule has 0 saturated heterocycles. The van der Waals surface area contributed by atoms with Gasteiger partial charge in [-0.15, -0.1) is 11.3 Å². The molecular weight excluding hydrogens is 456 g/mol. The first-order valence-electron chi connectivity index (χ1n) is 9.14. The normalized spacial score (nSPS) is 10.9. The Labute approximate surface area is 180 Å². The van der Waals surface area contributed by atoms with E-state index in [9.17, 15) is 14.4 Å². The maximum Gasteiger partial charge on any atom is 0.266 e. The number of hydrogen-bond acceptors (Lipinski definition) is 5. The summed E-state index contributed by atoms with van der Waals surface area (Å²) in [4.78, 5) is 42.8. The van der Waals surface area contributed by atoms with Crippen LogP contribution in [0, 0.1) is 13.8 Å². The zero-order chi connectivity index (χ0) is 21.1. The highest BCUT2D eigenvalue weighted by Gasteiger charge is 2.20. The lowest BCUT2D eigenvalue weighted by molar-refractivity contribution is -0.121. The Morgan fingerprint density at radius 3 is 2.72 bits per heavy atom. The van der Waals surface area contributed by atoms with Gasteiger partial charge in [-0.25, -0.2) is 4.98 Å². The van der Waals surface area contributed by atoms with E-state index < -0.39 is 0 Å². The van der Waals surface area contributed by atoms with Crippen LogP contribution < -0.4 is 16.2 Å². The number of carbonyl (C=O) groups excluding carboxylic acids is 2. The second kappa shape index (κ2) is 8.87. The smallest absolute Gasteiger partial charge is 0.266 e. The summed E-state index contributed by atoms with van der Waals surface area (Å²) in [5, 5.41) is 5.98. The fourth-order valence-electron chi connectivity index (χ4n) is 2.86. The molecule has 0 saturated carbocycles. The number of hydrogen-bond donors (Lipinski definition) is 2. The lowest BCUT2D eigenvalue weighted by Gasteiger charge is -2.07. The predicted octanol–water partition coefficient (Wildman–Crippen LogP) is 3.62. The summed E-state index contributed by atoms with van der Waals surface area (Å²) < 4.78 is 2.05. The van der Waals surface area contributed by atoms with E-state index >= 15 is 0 Å². The molecule has 0 aliphatic rings. The van der Waals surface area contributed by atoms with E-state index in [0.29, 0.717) is 32.9 Å². The molecule has 0 atom stereocenters. The van der Waals surface area contributed by atoms with E-state index in [1.54, 1.807) is 6.92 Å². The van der Waals surface area contributed by atoms with Gasteiger partial charge in [-0.05, 0) is 59.5 Å². The van der Waals surface area contributed by atoms with Gasteiger partial charge in [0.15, 0.2) is 0 Å². The Kier molecular flexibility index (Phi) is 6.49. The molecule has 0 unspecified atom stereocenters. The zero-order valence-corrected chi connectivity index (χ0v) is 18.7. The summed E-state index contributed by atoms with van der Waals surface area (Å²) in [6.07, 6.45) is 2.17. The minimum Gasteiger partial charge on any atom is -0.355 e. The van der Waals surface area contributed by atoms with Crippen molar-refractivity contribution in [2.75, 3.05) is 11.9 Å². The highest BCUT2D eigenvalue weighted by molar-refractivity contribution is 9.10. The number of aromatic nitrogens is 2. The predicted molar refractivity (Wildman–Crippen MR) is 119 cm³/mol. The molecule has 0 spiro atoms. The highest BCUT2D eigenvalue weighted by Crippen LogP contribution is 2.29. The molecule has 3 aromatic rings. The van der Waals surface area contributed by atoms with Crippen LogP contribution in [0.15, 0.2) is 33.8 Å². The third-order valence-electron chi connectivity index (χ3n) is 4.38. The summed E-state index contributed by atoms with van der Waals surface area (Å²) in [6, 6.07) is 5.64. The highest BCUT2D eigenvalue weighted by atomic mass is 79.9. The van der Waals surface area contributed by atoms with E-state index in [4.69, 9.17) is 0 Å². The third-order valence-corrected chi connectivity index (χ3v) is 6.24. The van der Waals surface area contributed by atoms with Gasteiger partial charge in [0.1, 0.15) is 11.4 Å². The standard InChI is InChI=1S/C20H21BrN4O3S/c1-4-7-22-15(26)9-25-10-23-19-16(20(25)28)12(3)17(29-19)18(27)24-14-6-5-11(2)8-13(14)21/h5-6,8,10H,4,7,9H2,1-3H3,(H,22,26)(H,24,27). The molecule has 152 valence electrons. The average Bonchev–Trinajstić information content (AvgIpc) is 3.02. The Balaban J connectivity index is 1.91. The molecule has 0 aliphatic carbocycles. The zero-order valence-electron chi connectivity index (χ0n) is 16.3. The summed E-state index contributed by atoms with van der Waals surface area (Å²) in [5.41, 5.74) is 1.95.